The topological polar surface area (TPSA) is 79.4 Å². The highest BCUT2D eigenvalue weighted by Crippen LogP contribution is 2.18. The van der Waals surface area contributed by atoms with E-state index in [-0.39, 0.29) is 11.7 Å². The summed E-state index contributed by atoms with van der Waals surface area (Å²) in [5.74, 6) is 0.778. The number of aromatic amines is 1. The number of nitrogens with zero attached hydrogens (tertiary/aromatic N) is 2. The maximum atomic E-state index is 11.8. The molecule has 3 rings (SSSR count). The van der Waals surface area contributed by atoms with Crippen LogP contribution in [0.1, 0.15) is 5.56 Å². The summed E-state index contributed by atoms with van der Waals surface area (Å²) in [5.41, 5.74) is 5.19. The first kappa shape index (κ1) is 16.1. The Hall–Kier alpha value is -2.80. The number of hydrazone groups is 1. The lowest BCUT2D eigenvalue weighted by atomic mass is 10.2. The van der Waals surface area contributed by atoms with Gasteiger partial charge >= 0.3 is 0 Å². The summed E-state index contributed by atoms with van der Waals surface area (Å²) in [4.78, 5) is 19.4. The van der Waals surface area contributed by atoms with Crippen LogP contribution in [0.25, 0.3) is 11.0 Å². The number of hydrogen-bond acceptors (Lipinski definition) is 5. The van der Waals surface area contributed by atoms with Gasteiger partial charge in [-0.15, -0.1) is 0 Å². The number of benzene rings is 2. The number of amides is 1. The summed E-state index contributed by atoms with van der Waals surface area (Å²) >= 11 is 1.33. The van der Waals surface area contributed by atoms with E-state index in [2.05, 4.69) is 20.5 Å². The van der Waals surface area contributed by atoms with Crippen molar-refractivity contribution in [2.75, 3.05) is 12.9 Å². The molecular formula is C17H16N4O2S. The number of methoxy groups -OCH3 is 1. The van der Waals surface area contributed by atoms with Crippen molar-refractivity contribution < 1.29 is 9.53 Å². The molecule has 1 heterocycles. The van der Waals surface area contributed by atoms with Crippen LogP contribution in [0.4, 0.5) is 0 Å². The van der Waals surface area contributed by atoms with Crippen molar-refractivity contribution in [1.29, 1.82) is 0 Å². The molecule has 0 unspecified atom stereocenters. The van der Waals surface area contributed by atoms with Crippen molar-refractivity contribution >= 4 is 34.9 Å². The zero-order valence-electron chi connectivity index (χ0n) is 13.0. The molecule has 0 aliphatic rings. The van der Waals surface area contributed by atoms with E-state index in [4.69, 9.17) is 4.74 Å². The number of hydrogen-bond donors (Lipinski definition) is 2. The van der Waals surface area contributed by atoms with Gasteiger partial charge in [-0.2, -0.15) is 5.10 Å². The van der Waals surface area contributed by atoms with Gasteiger partial charge in [-0.05, 0) is 29.8 Å². The van der Waals surface area contributed by atoms with E-state index in [0.717, 1.165) is 22.3 Å². The van der Waals surface area contributed by atoms with Gasteiger partial charge in [0.05, 0.1) is 30.1 Å². The second-order valence-corrected chi connectivity index (χ2v) is 5.88. The molecule has 0 bridgehead atoms. The number of ether oxygens (including phenoxy) is 1. The molecule has 2 N–H and O–H groups in total. The van der Waals surface area contributed by atoms with E-state index in [1.54, 1.807) is 13.3 Å². The summed E-state index contributed by atoms with van der Waals surface area (Å²) in [7, 11) is 1.60. The number of imidazole rings is 1. The van der Waals surface area contributed by atoms with Gasteiger partial charge in [0, 0.05) is 0 Å². The summed E-state index contributed by atoms with van der Waals surface area (Å²) in [5, 5.41) is 4.66. The quantitative estimate of drug-likeness (QED) is 0.411. The van der Waals surface area contributed by atoms with E-state index < -0.39 is 0 Å². The predicted octanol–water partition coefficient (Wildman–Crippen LogP) is 2.81. The predicted molar refractivity (Wildman–Crippen MR) is 95.5 cm³/mol. The molecule has 122 valence electrons. The first-order valence-electron chi connectivity index (χ1n) is 7.28. The van der Waals surface area contributed by atoms with E-state index in [0.29, 0.717) is 5.16 Å². The summed E-state index contributed by atoms with van der Waals surface area (Å²) in [6.07, 6.45) is 1.58. The van der Waals surface area contributed by atoms with Crippen LogP contribution in [0.15, 0.2) is 58.8 Å². The normalized spacial score (nSPS) is 11.0. The van der Waals surface area contributed by atoms with Crippen molar-refractivity contribution in [2.45, 2.75) is 5.16 Å². The van der Waals surface area contributed by atoms with E-state index >= 15 is 0 Å². The van der Waals surface area contributed by atoms with Crippen LogP contribution < -0.4 is 10.2 Å². The number of H-pyrrole nitrogens is 1. The number of para-hydroxylation sites is 2. The van der Waals surface area contributed by atoms with E-state index in [9.17, 15) is 4.79 Å². The zero-order chi connectivity index (χ0) is 16.8. The van der Waals surface area contributed by atoms with Crippen molar-refractivity contribution in [3.63, 3.8) is 0 Å². The third-order valence-electron chi connectivity index (χ3n) is 3.20. The van der Waals surface area contributed by atoms with Gasteiger partial charge in [0.25, 0.3) is 5.91 Å². The second-order valence-electron chi connectivity index (χ2n) is 4.92. The maximum absolute atomic E-state index is 11.8. The third kappa shape index (κ3) is 4.14. The summed E-state index contributed by atoms with van der Waals surface area (Å²) in [6.45, 7) is 0. The smallest absolute Gasteiger partial charge is 0.250 e. The Balaban J connectivity index is 1.51. The molecule has 2 aromatic carbocycles. The number of nitrogens with one attached hydrogen (secondary N) is 2. The van der Waals surface area contributed by atoms with Crippen LogP contribution in [-0.2, 0) is 4.79 Å². The molecular weight excluding hydrogens is 324 g/mol. The highest BCUT2D eigenvalue weighted by molar-refractivity contribution is 7.99. The fraction of sp³-hybridized carbons (Fsp3) is 0.118. The van der Waals surface area contributed by atoms with Gasteiger partial charge in [-0.3, -0.25) is 4.79 Å². The highest BCUT2D eigenvalue weighted by atomic mass is 32.2. The monoisotopic (exact) mass is 340 g/mol. The number of thioether (sulfide) groups is 1. The van der Waals surface area contributed by atoms with Crippen LogP contribution in [0, 0.1) is 0 Å². The molecule has 3 aromatic rings. The Labute approximate surface area is 143 Å². The fourth-order valence-corrected chi connectivity index (χ4v) is 2.74. The number of aromatic nitrogens is 2. The number of carbonyl (C=O) groups is 1. The Morgan fingerprint density at radius 3 is 3.04 bits per heavy atom. The fourth-order valence-electron chi connectivity index (χ4n) is 2.06. The van der Waals surface area contributed by atoms with E-state index in [1.807, 2.05) is 48.5 Å². The van der Waals surface area contributed by atoms with Crippen molar-refractivity contribution in [2.24, 2.45) is 5.10 Å². The second kappa shape index (κ2) is 7.65. The molecule has 7 heteroatoms. The molecule has 0 fully saturated rings. The molecule has 6 nitrogen and oxygen atoms in total. The molecule has 0 atom stereocenters. The summed E-state index contributed by atoms with van der Waals surface area (Å²) < 4.78 is 5.13. The molecule has 24 heavy (non-hydrogen) atoms. The number of fused-ring (bicyclic) bond motifs is 1. The van der Waals surface area contributed by atoms with Crippen molar-refractivity contribution in [1.82, 2.24) is 15.4 Å². The third-order valence-corrected chi connectivity index (χ3v) is 4.08. The average Bonchev–Trinajstić information content (AvgIpc) is 3.03. The summed E-state index contributed by atoms with van der Waals surface area (Å²) in [6, 6.07) is 15.2. The molecule has 0 saturated heterocycles. The van der Waals surface area contributed by atoms with Crippen LogP contribution in [0.3, 0.4) is 0 Å². The Morgan fingerprint density at radius 2 is 2.21 bits per heavy atom. The van der Waals surface area contributed by atoms with Gasteiger partial charge < -0.3 is 9.72 Å². The minimum absolute atomic E-state index is 0.195. The van der Waals surface area contributed by atoms with Crippen LogP contribution in [-0.4, -0.2) is 35.0 Å². The Morgan fingerprint density at radius 1 is 1.33 bits per heavy atom. The van der Waals surface area contributed by atoms with Crippen LogP contribution >= 0.6 is 11.8 Å². The molecule has 0 spiro atoms. The lowest BCUT2D eigenvalue weighted by Gasteiger charge is -2.00. The Bertz CT molecular complexity index is 843. The number of rotatable bonds is 6. The average molecular weight is 340 g/mol. The standard InChI is InChI=1S/C17H16N4O2S/c1-23-13-6-4-5-12(9-13)10-18-21-16(22)11-24-17-19-14-7-2-3-8-15(14)20-17/h2-10H,11H2,1H3,(H,19,20)(H,21,22). The van der Waals surface area contributed by atoms with Gasteiger partial charge in [0.1, 0.15) is 5.75 Å². The molecule has 0 radical (unpaired) electrons. The minimum Gasteiger partial charge on any atom is -0.497 e. The SMILES string of the molecule is COc1cccc(C=NNC(=O)CSc2nc3ccccc3[nH]2)c1. The first-order valence-corrected chi connectivity index (χ1v) is 8.26. The number of carbonyl (C=O) groups excluding carboxylic acids is 1. The largest absolute Gasteiger partial charge is 0.497 e. The van der Waals surface area contributed by atoms with Crippen molar-refractivity contribution in [3.8, 4) is 5.75 Å². The molecule has 0 aliphatic carbocycles. The zero-order valence-corrected chi connectivity index (χ0v) is 13.8. The first-order chi connectivity index (χ1) is 11.7. The Kier molecular flexibility index (Phi) is 5.12. The van der Waals surface area contributed by atoms with Crippen LogP contribution in [0.5, 0.6) is 5.75 Å². The van der Waals surface area contributed by atoms with Crippen molar-refractivity contribution in [3.05, 3.63) is 54.1 Å². The van der Waals surface area contributed by atoms with E-state index in [1.165, 1.54) is 11.8 Å². The highest BCUT2D eigenvalue weighted by Gasteiger charge is 2.06. The van der Waals surface area contributed by atoms with Gasteiger partial charge in [0.2, 0.25) is 0 Å². The molecule has 1 aromatic heterocycles. The molecule has 0 aliphatic heterocycles. The van der Waals surface area contributed by atoms with Gasteiger partial charge in [0.15, 0.2) is 5.16 Å². The molecule has 1 amide bonds. The maximum Gasteiger partial charge on any atom is 0.250 e. The van der Waals surface area contributed by atoms with Crippen LogP contribution in [0.2, 0.25) is 0 Å². The molecule has 0 saturated carbocycles. The lowest BCUT2D eigenvalue weighted by molar-refractivity contribution is -0.118. The minimum atomic E-state index is -0.195. The lowest BCUT2D eigenvalue weighted by Crippen LogP contribution is -2.19. The van der Waals surface area contributed by atoms with Gasteiger partial charge in [-0.25, -0.2) is 10.4 Å². The van der Waals surface area contributed by atoms with Gasteiger partial charge in [-0.1, -0.05) is 36.0 Å².